The Morgan fingerprint density at radius 2 is 2.06 bits per heavy atom. The zero-order chi connectivity index (χ0) is 11.7. The molecule has 2 heterocycles. The summed E-state index contributed by atoms with van der Waals surface area (Å²) in [5.74, 6) is 0.811. The lowest BCUT2D eigenvalue weighted by Crippen LogP contribution is -2.09. The highest BCUT2D eigenvalue weighted by Crippen LogP contribution is 2.31. The number of rotatable bonds is 4. The first-order valence-electron chi connectivity index (χ1n) is 6.04. The van der Waals surface area contributed by atoms with Crippen molar-refractivity contribution in [2.75, 3.05) is 0 Å². The second-order valence-electron chi connectivity index (χ2n) is 4.59. The molecule has 88 valence electrons. The van der Waals surface area contributed by atoms with E-state index < -0.39 is 0 Å². The van der Waals surface area contributed by atoms with E-state index in [2.05, 4.69) is 20.8 Å². The maximum absolute atomic E-state index is 5.77. The molecule has 0 aromatic carbocycles. The first kappa shape index (κ1) is 10.5. The zero-order valence-corrected chi connectivity index (χ0v) is 9.71. The minimum atomic E-state index is 0.546. The van der Waals surface area contributed by atoms with E-state index >= 15 is 0 Å². The van der Waals surface area contributed by atoms with E-state index in [-0.39, 0.29) is 0 Å². The molecule has 1 aliphatic rings. The fourth-order valence-corrected chi connectivity index (χ4v) is 1.99. The van der Waals surface area contributed by atoms with Gasteiger partial charge in [-0.25, -0.2) is 0 Å². The molecule has 2 aromatic rings. The molecule has 0 amide bonds. The van der Waals surface area contributed by atoms with Crippen LogP contribution in [0.15, 0.2) is 30.6 Å². The van der Waals surface area contributed by atoms with E-state index in [1.807, 2.05) is 12.1 Å². The van der Waals surface area contributed by atoms with Gasteiger partial charge in [0.15, 0.2) is 0 Å². The first-order valence-corrected chi connectivity index (χ1v) is 6.04. The first-order chi connectivity index (χ1) is 8.36. The average molecular weight is 228 g/mol. The molecule has 0 spiro atoms. The summed E-state index contributed by atoms with van der Waals surface area (Å²) >= 11 is 0. The van der Waals surface area contributed by atoms with Gasteiger partial charge < -0.3 is 5.73 Å². The van der Waals surface area contributed by atoms with Crippen LogP contribution >= 0.6 is 0 Å². The van der Waals surface area contributed by atoms with Crippen molar-refractivity contribution < 1.29 is 0 Å². The van der Waals surface area contributed by atoms with Gasteiger partial charge in [0, 0.05) is 31.0 Å². The van der Waals surface area contributed by atoms with Crippen LogP contribution in [-0.4, -0.2) is 14.8 Å². The van der Waals surface area contributed by atoms with Crippen molar-refractivity contribution in [2.24, 2.45) is 11.7 Å². The Balaban J connectivity index is 1.92. The summed E-state index contributed by atoms with van der Waals surface area (Å²) in [4.78, 5) is 4.02. The third-order valence-electron chi connectivity index (χ3n) is 3.18. The van der Waals surface area contributed by atoms with Crippen molar-refractivity contribution in [1.82, 2.24) is 14.8 Å². The van der Waals surface area contributed by atoms with Crippen LogP contribution in [0.2, 0.25) is 0 Å². The van der Waals surface area contributed by atoms with E-state index in [4.69, 9.17) is 5.73 Å². The molecule has 1 aliphatic carbocycles. The van der Waals surface area contributed by atoms with Crippen LogP contribution < -0.4 is 5.73 Å². The van der Waals surface area contributed by atoms with Crippen molar-refractivity contribution in [1.29, 1.82) is 0 Å². The van der Waals surface area contributed by atoms with Gasteiger partial charge in [0.25, 0.3) is 0 Å². The van der Waals surface area contributed by atoms with Crippen molar-refractivity contribution >= 4 is 0 Å². The Hall–Kier alpha value is -1.68. The van der Waals surface area contributed by atoms with Gasteiger partial charge in [-0.15, -0.1) is 0 Å². The van der Waals surface area contributed by atoms with E-state index in [0.717, 1.165) is 29.4 Å². The maximum Gasteiger partial charge on any atom is 0.0927 e. The Bertz CT molecular complexity index is 499. The number of pyridine rings is 1. The minimum Gasteiger partial charge on any atom is -0.325 e. The Labute approximate surface area is 100 Å². The summed E-state index contributed by atoms with van der Waals surface area (Å²) in [5, 5.41) is 4.64. The summed E-state index contributed by atoms with van der Waals surface area (Å²) in [6.07, 6.45) is 6.23. The number of nitrogens with zero attached hydrogens (tertiary/aromatic N) is 3. The Morgan fingerprint density at radius 3 is 2.71 bits per heavy atom. The summed E-state index contributed by atoms with van der Waals surface area (Å²) in [6.45, 7) is 1.56. The SMILES string of the molecule is NCc1cc(-c2ccncc2)nn1CC1CC1. The fourth-order valence-electron chi connectivity index (χ4n) is 1.99. The van der Waals surface area contributed by atoms with E-state index in [1.165, 1.54) is 12.8 Å². The predicted molar refractivity (Wildman–Crippen MR) is 66.1 cm³/mol. The van der Waals surface area contributed by atoms with Crippen molar-refractivity contribution in [2.45, 2.75) is 25.9 Å². The lowest BCUT2D eigenvalue weighted by atomic mass is 10.2. The zero-order valence-electron chi connectivity index (χ0n) is 9.71. The maximum atomic E-state index is 5.77. The topological polar surface area (TPSA) is 56.7 Å². The van der Waals surface area contributed by atoms with Gasteiger partial charge in [0.05, 0.1) is 11.4 Å². The molecular weight excluding hydrogens is 212 g/mol. The highest BCUT2D eigenvalue weighted by atomic mass is 15.3. The van der Waals surface area contributed by atoms with Crippen LogP contribution in [0.5, 0.6) is 0 Å². The molecular formula is C13H16N4. The summed E-state index contributed by atoms with van der Waals surface area (Å²) in [6, 6.07) is 6.03. The van der Waals surface area contributed by atoms with Crippen molar-refractivity contribution in [3.63, 3.8) is 0 Å². The normalized spacial score (nSPS) is 15.1. The molecule has 1 saturated carbocycles. The average Bonchev–Trinajstić information content (AvgIpc) is 3.09. The van der Waals surface area contributed by atoms with Crippen LogP contribution in [0.1, 0.15) is 18.5 Å². The summed E-state index contributed by atoms with van der Waals surface area (Å²) < 4.78 is 2.06. The smallest absolute Gasteiger partial charge is 0.0927 e. The molecule has 3 rings (SSSR count). The van der Waals surface area contributed by atoms with E-state index in [0.29, 0.717) is 6.54 Å². The van der Waals surface area contributed by atoms with Gasteiger partial charge >= 0.3 is 0 Å². The standard InChI is InChI=1S/C13H16N4/c14-8-12-7-13(11-3-5-15-6-4-11)16-17(12)9-10-1-2-10/h3-7,10H,1-2,8-9,14H2. The molecule has 2 N–H and O–H groups in total. The second-order valence-corrected chi connectivity index (χ2v) is 4.59. The van der Waals surface area contributed by atoms with E-state index in [9.17, 15) is 0 Å². The summed E-state index contributed by atoms with van der Waals surface area (Å²) in [7, 11) is 0. The largest absolute Gasteiger partial charge is 0.325 e. The van der Waals surface area contributed by atoms with Crippen LogP contribution in [0.4, 0.5) is 0 Å². The molecule has 4 heteroatoms. The molecule has 0 unspecified atom stereocenters. The third kappa shape index (κ3) is 2.22. The van der Waals surface area contributed by atoms with Gasteiger partial charge in [-0.3, -0.25) is 9.67 Å². The number of hydrogen-bond donors (Lipinski definition) is 1. The van der Waals surface area contributed by atoms with E-state index in [1.54, 1.807) is 12.4 Å². The van der Waals surface area contributed by atoms with Gasteiger partial charge in [-0.05, 0) is 37.0 Å². The van der Waals surface area contributed by atoms with Crippen LogP contribution in [0, 0.1) is 5.92 Å². The van der Waals surface area contributed by atoms with Gasteiger partial charge in [-0.2, -0.15) is 5.10 Å². The molecule has 0 atom stereocenters. The number of hydrogen-bond acceptors (Lipinski definition) is 3. The summed E-state index contributed by atoms with van der Waals surface area (Å²) in [5.41, 5.74) is 8.97. The quantitative estimate of drug-likeness (QED) is 0.868. The number of aromatic nitrogens is 3. The minimum absolute atomic E-state index is 0.546. The van der Waals surface area contributed by atoms with Gasteiger partial charge in [-0.1, -0.05) is 0 Å². The molecule has 0 saturated heterocycles. The second kappa shape index (κ2) is 4.30. The molecule has 0 radical (unpaired) electrons. The van der Waals surface area contributed by atoms with Crippen LogP contribution in [0.3, 0.4) is 0 Å². The van der Waals surface area contributed by atoms with Crippen molar-refractivity contribution in [3.8, 4) is 11.3 Å². The molecule has 0 bridgehead atoms. The lowest BCUT2D eigenvalue weighted by molar-refractivity contribution is 0.541. The van der Waals surface area contributed by atoms with Crippen LogP contribution in [0.25, 0.3) is 11.3 Å². The monoisotopic (exact) mass is 228 g/mol. The highest BCUT2D eigenvalue weighted by molar-refractivity contribution is 5.58. The van der Waals surface area contributed by atoms with Crippen molar-refractivity contribution in [3.05, 3.63) is 36.3 Å². The van der Waals surface area contributed by atoms with Gasteiger partial charge in [0.2, 0.25) is 0 Å². The molecule has 17 heavy (non-hydrogen) atoms. The van der Waals surface area contributed by atoms with Crippen LogP contribution in [-0.2, 0) is 13.1 Å². The Kier molecular flexibility index (Phi) is 2.65. The molecule has 1 fully saturated rings. The Morgan fingerprint density at radius 1 is 1.29 bits per heavy atom. The van der Waals surface area contributed by atoms with Gasteiger partial charge in [0.1, 0.15) is 0 Å². The lowest BCUT2D eigenvalue weighted by Gasteiger charge is -2.03. The third-order valence-corrected chi connectivity index (χ3v) is 3.18. The molecule has 0 aliphatic heterocycles. The highest BCUT2D eigenvalue weighted by Gasteiger charge is 2.23. The molecule has 2 aromatic heterocycles. The molecule has 4 nitrogen and oxygen atoms in total. The number of nitrogens with two attached hydrogens (primary N) is 1. The fraction of sp³-hybridized carbons (Fsp3) is 0.385. The predicted octanol–water partition coefficient (Wildman–Crippen LogP) is 1.81.